The Labute approximate surface area is 146 Å². The van der Waals surface area contributed by atoms with Crippen LogP contribution in [0.2, 0.25) is 0 Å². The molecular weight excluding hydrogens is 357 g/mol. The maximum atomic E-state index is 12.5. The molecule has 0 saturated carbocycles. The molecule has 0 aliphatic rings. The van der Waals surface area contributed by atoms with E-state index in [-0.39, 0.29) is 0 Å². The van der Waals surface area contributed by atoms with E-state index < -0.39 is 11.9 Å². The first-order valence-electron chi connectivity index (χ1n) is 7.64. The first-order chi connectivity index (χ1) is 11.9. The number of hydrogen-bond acceptors (Lipinski definition) is 6. The second-order valence-corrected chi connectivity index (χ2v) is 6.08. The van der Waals surface area contributed by atoms with Gasteiger partial charge in [0.1, 0.15) is 0 Å². The minimum absolute atomic E-state index is 0.392. The molecule has 0 saturated heterocycles. The first kappa shape index (κ1) is 19.2. The van der Waals surface area contributed by atoms with Gasteiger partial charge in [-0.25, -0.2) is 4.98 Å². The first-order valence-corrected chi connectivity index (χ1v) is 8.51. The van der Waals surface area contributed by atoms with Crippen molar-refractivity contribution < 1.29 is 17.7 Å². The third-order valence-corrected chi connectivity index (χ3v) is 4.04. The zero-order chi connectivity index (χ0) is 18.3. The van der Waals surface area contributed by atoms with Gasteiger partial charge in [0, 0.05) is 38.4 Å². The van der Waals surface area contributed by atoms with Crippen LogP contribution >= 0.6 is 11.3 Å². The maximum Gasteiger partial charge on any atom is 0.434 e. The molecule has 0 spiro atoms. The van der Waals surface area contributed by atoms with Gasteiger partial charge in [-0.2, -0.15) is 18.2 Å². The molecule has 0 fully saturated rings. The molecule has 0 bridgehead atoms. The van der Waals surface area contributed by atoms with Gasteiger partial charge in [-0.05, 0) is 13.3 Å². The number of nitrogens with zero attached hydrogens (tertiary/aromatic N) is 4. The van der Waals surface area contributed by atoms with Crippen LogP contribution in [0.5, 0.6) is 0 Å². The molecule has 2 aromatic heterocycles. The molecule has 2 heterocycles. The molecule has 11 heteroatoms. The van der Waals surface area contributed by atoms with Crippen LogP contribution in [0.1, 0.15) is 28.8 Å². The predicted molar refractivity (Wildman–Crippen MR) is 87.5 cm³/mol. The average Bonchev–Trinajstić information content (AvgIpc) is 3.18. The Hall–Kier alpha value is -2.17. The van der Waals surface area contributed by atoms with Crippen LogP contribution in [0.15, 0.2) is 14.9 Å². The lowest BCUT2D eigenvalue weighted by atomic mass is 10.3. The van der Waals surface area contributed by atoms with E-state index in [4.69, 9.17) is 4.52 Å². The summed E-state index contributed by atoms with van der Waals surface area (Å²) >= 11 is 1.00. The van der Waals surface area contributed by atoms with Crippen molar-refractivity contribution in [3.8, 4) is 0 Å². The lowest BCUT2D eigenvalue weighted by molar-refractivity contribution is -0.140. The number of rotatable bonds is 7. The van der Waals surface area contributed by atoms with E-state index in [2.05, 4.69) is 30.8 Å². The number of aryl methyl sites for hydroxylation is 2. The van der Waals surface area contributed by atoms with Crippen molar-refractivity contribution in [1.82, 2.24) is 25.8 Å². The van der Waals surface area contributed by atoms with Crippen molar-refractivity contribution in [1.29, 1.82) is 0 Å². The van der Waals surface area contributed by atoms with E-state index in [9.17, 15) is 13.2 Å². The highest BCUT2D eigenvalue weighted by Crippen LogP contribution is 2.29. The molecule has 2 N–H and O–H groups in total. The van der Waals surface area contributed by atoms with Crippen LogP contribution < -0.4 is 10.6 Å². The molecule has 0 unspecified atom stereocenters. The van der Waals surface area contributed by atoms with E-state index in [1.165, 1.54) is 0 Å². The molecule has 0 aliphatic heterocycles. The number of alkyl halides is 3. The Morgan fingerprint density at radius 1 is 1.24 bits per heavy atom. The van der Waals surface area contributed by atoms with Gasteiger partial charge in [0.25, 0.3) is 0 Å². The summed E-state index contributed by atoms with van der Waals surface area (Å²) in [5, 5.41) is 11.3. The molecule has 2 aromatic rings. The fourth-order valence-electron chi connectivity index (χ4n) is 1.95. The molecular formula is C14H19F3N6OS. The Kier molecular flexibility index (Phi) is 6.73. The Morgan fingerprint density at radius 3 is 2.60 bits per heavy atom. The number of halogens is 3. The quantitative estimate of drug-likeness (QED) is 0.438. The van der Waals surface area contributed by atoms with Gasteiger partial charge in [-0.3, -0.25) is 4.99 Å². The van der Waals surface area contributed by atoms with Gasteiger partial charge in [-0.1, -0.05) is 5.16 Å². The average molecular weight is 376 g/mol. The topological polar surface area (TPSA) is 88.2 Å². The number of aromatic nitrogens is 3. The summed E-state index contributed by atoms with van der Waals surface area (Å²) in [5.41, 5.74) is -0.841. The predicted octanol–water partition coefficient (Wildman–Crippen LogP) is 2.19. The fraction of sp³-hybridized carbons (Fsp3) is 0.571. The van der Waals surface area contributed by atoms with E-state index in [1.54, 1.807) is 14.0 Å². The Bertz CT molecular complexity index is 697. The number of hydrogen-bond donors (Lipinski definition) is 2. The van der Waals surface area contributed by atoms with Crippen LogP contribution in [-0.4, -0.2) is 41.2 Å². The third kappa shape index (κ3) is 6.33. The van der Waals surface area contributed by atoms with Gasteiger partial charge < -0.3 is 15.2 Å². The number of aliphatic imine (C=N–C) groups is 1. The van der Waals surface area contributed by atoms with E-state index in [1.807, 2.05) is 0 Å². The number of guanidine groups is 1. The van der Waals surface area contributed by atoms with Crippen molar-refractivity contribution in [3.63, 3.8) is 0 Å². The van der Waals surface area contributed by atoms with Crippen LogP contribution in [0.25, 0.3) is 0 Å². The molecule has 138 valence electrons. The van der Waals surface area contributed by atoms with Gasteiger partial charge in [0.15, 0.2) is 17.5 Å². The molecule has 0 aromatic carbocycles. The van der Waals surface area contributed by atoms with Gasteiger partial charge in [-0.15, -0.1) is 11.3 Å². The summed E-state index contributed by atoms with van der Waals surface area (Å²) in [6.07, 6.45) is -2.56. The molecule has 0 radical (unpaired) electrons. The molecule has 0 atom stereocenters. The van der Waals surface area contributed by atoms with Crippen LogP contribution in [-0.2, 0) is 19.0 Å². The second kappa shape index (κ2) is 8.79. The number of nitrogens with one attached hydrogen (secondary N) is 2. The zero-order valence-corrected chi connectivity index (χ0v) is 14.7. The summed E-state index contributed by atoms with van der Waals surface area (Å²) in [6.45, 7) is 2.85. The standard InChI is InChI=1S/C14H19F3N6OS/c1-9-21-11(24-23-9)4-3-6-19-13(18-2)20-7-5-12-22-10(8-25-12)14(15,16)17/h8H,3-7H2,1-2H3,(H2,18,19,20). The zero-order valence-electron chi connectivity index (χ0n) is 13.9. The Balaban J connectivity index is 1.65. The van der Waals surface area contributed by atoms with Gasteiger partial charge in [0.2, 0.25) is 5.89 Å². The second-order valence-electron chi connectivity index (χ2n) is 5.14. The lowest BCUT2D eigenvalue weighted by Crippen LogP contribution is -2.38. The Morgan fingerprint density at radius 2 is 2.00 bits per heavy atom. The largest absolute Gasteiger partial charge is 0.434 e. The molecule has 0 aliphatic carbocycles. The van der Waals surface area contributed by atoms with Crippen molar-refractivity contribution in [2.75, 3.05) is 20.1 Å². The minimum Gasteiger partial charge on any atom is -0.356 e. The molecule has 0 amide bonds. The monoisotopic (exact) mass is 376 g/mol. The summed E-state index contributed by atoms with van der Waals surface area (Å²) in [4.78, 5) is 11.8. The van der Waals surface area contributed by atoms with Crippen molar-refractivity contribution in [2.45, 2.75) is 32.4 Å². The highest BCUT2D eigenvalue weighted by atomic mass is 32.1. The van der Waals surface area contributed by atoms with E-state index in [0.717, 1.165) is 23.1 Å². The SMILES string of the molecule is CN=C(NCCCc1nc(C)no1)NCCc1nc(C(F)(F)F)cs1. The number of thiazole rings is 1. The van der Waals surface area contributed by atoms with Crippen LogP contribution in [0, 0.1) is 6.92 Å². The van der Waals surface area contributed by atoms with Gasteiger partial charge in [0.05, 0.1) is 5.01 Å². The normalized spacial score (nSPS) is 12.4. The van der Waals surface area contributed by atoms with E-state index in [0.29, 0.717) is 48.6 Å². The molecule has 2 rings (SSSR count). The summed E-state index contributed by atoms with van der Waals surface area (Å²) in [7, 11) is 1.63. The third-order valence-electron chi connectivity index (χ3n) is 3.13. The summed E-state index contributed by atoms with van der Waals surface area (Å²) in [5.74, 6) is 1.78. The van der Waals surface area contributed by atoms with Gasteiger partial charge >= 0.3 is 6.18 Å². The van der Waals surface area contributed by atoms with E-state index >= 15 is 0 Å². The maximum absolute atomic E-state index is 12.5. The highest BCUT2D eigenvalue weighted by Gasteiger charge is 2.33. The van der Waals surface area contributed by atoms with Crippen molar-refractivity contribution in [2.24, 2.45) is 4.99 Å². The minimum atomic E-state index is -4.39. The summed E-state index contributed by atoms with van der Waals surface area (Å²) in [6, 6.07) is 0. The molecule has 25 heavy (non-hydrogen) atoms. The smallest absolute Gasteiger partial charge is 0.356 e. The highest BCUT2D eigenvalue weighted by molar-refractivity contribution is 7.09. The van der Waals surface area contributed by atoms with Crippen LogP contribution in [0.4, 0.5) is 13.2 Å². The van der Waals surface area contributed by atoms with Crippen LogP contribution in [0.3, 0.4) is 0 Å². The summed E-state index contributed by atoms with van der Waals surface area (Å²) < 4.78 is 42.5. The fourth-order valence-corrected chi connectivity index (χ4v) is 2.76. The van der Waals surface area contributed by atoms with Crippen molar-refractivity contribution in [3.05, 3.63) is 27.8 Å². The molecule has 7 nitrogen and oxygen atoms in total. The lowest BCUT2D eigenvalue weighted by Gasteiger charge is -2.10. The van der Waals surface area contributed by atoms with Crippen molar-refractivity contribution >= 4 is 17.3 Å².